The summed E-state index contributed by atoms with van der Waals surface area (Å²) in [6.07, 6.45) is -1.79. The Balaban J connectivity index is 2.28. The number of rotatable bonds is 4. The highest BCUT2D eigenvalue weighted by molar-refractivity contribution is 6.31. The summed E-state index contributed by atoms with van der Waals surface area (Å²) in [6, 6.07) is 3.31. The maximum atomic E-state index is 15.0. The molecule has 2 heterocycles. The molecular formula is C19H17ClF4N4O2. The van der Waals surface area contributed by atoms with E-state index in [1.807, 2.05) is 0 Å². The number of aromatic nitrogens is 1. The van der Waals surface area contributed by atoms with E-state index in [4.69, 9.17) is 17.3 Å². The highest BCUT2D eigenvalue weighted by Crippen LogP contribution is 2.42. The van der Waals surface area contributed by atoms with Gasteiger partial charge in [-0.3, -0.25) is 9.78 Å². The van der Waals surface area contributed by atoms with Crippen LogP contribution in [0.5, 0.6) is 0 Å². The van der Waals surface area contributed by atoms with E-state index >= 15 is 4.39 Å². The van der Waals surface area contributed by atoms with Gasteiger partial charge in [0.1, 0.15) is 27.9 Å². The second-order valence-electron chi connectivity index (χ2n) is 6.91. The van der Waals surface area contributed by atoms with Crippen LogP contribution in [0.2, 0.25) is 5.02 Å². The van der Waals surface area contributed by atoms with E-state index in [9.17, 15) is 22.8 Å². The summed E-state index contributed by atoms with van der Waals surface area (Å²) in [5, 5.41) is 1.79. The Morgan fingerprint density at radius 2 is 2.00 bits per heavy atom. The standard InChI is InChI=1S/C19H17ClF4N4O2/c1-19(17(29)26-6-7-28(19)18(25)30)13(9-2-5-12(16(23)24)27-8-9)10-3-4-11(21)14(20)15(10)22/h2-5,8,13,16H,6-7H2,1H3,(H2,25,30)(H,26,29)/t13-,19?/m1/s1. The summed E-state index contributed by atoms with van der Waals surface area (Å²) in [7, 11) is 0. The monoisotopic (exact) mass is 444 g/mol. The van der Waals surface area contributed by atoms with Crippen LogP contribution < -0.4 is 11.1 Å². The highest BCUT2D eigenvalue weighted by atomic mass is 35.5. The summed E-state index contributed by atoms with van der Waals surface area (Å²) in [4.78, 5) is 29.8. The normalized spacial score (nSPS) is 20.2. The fourth-order valence-electron chi connectivity index (χ4n) is 3.73. The minimum atomic E-state index is -2.84. The first-order chi connectivity index (χ1) is 14.1. The van der Waals surface area contributed by atoms with Crippen LogP contribution in [0.3, 0.4) is 0 Å². The molecule has 0 radical (unpaired) electrons. The summed E-state index contributed by atoms with van der Waals surface area (Å²) in [6.45, 7) is 1.49. The van der Waals surface area contributed by atoms with Crippen LogP contribution in [0.4, 0.5) is 22.4 Å². The quantitative estimate of drug-likeness (QED) is 0.560. The summed E-state index contributed by atoms with van der Waals surface area (Å²) < 4.78 is 54.6. The zero-order chi connectivity index (χ0) is 22.2. The van der Waals surface area contributed by atoms with Crippen molar-refractivity contribution in [2.24, 2.45) is 5.73 Å². The zero-order valence-electron chi connectivity index (χ0n) is 15.6. The van der Waals surface area contributed by atoms with Crippen molar-refractivity contribution in [3.05, 3.63) is 63.9 Å². The first-order valence-corrected chi connectivity index (χ1v) is 9.19. The number of carbonyl (C=O) groups excluding carboxylic acids is 2. The Morgan fingerprint density at radius 1 is 1.30 bits per heavy atom. The van der Waals surface area contributed by atoms with E-state index in [0.717, 1.165) is 29.3 Å². The van der Waals surface area contributed by atoms with Crippen LogP contribution in [-0.2, 0) is 4.79 Å². The van der Waals surface area contributed by atoms with Crippen molar-refractivity contribution in [3.8, 4) is 0 Å². The van der Waals surface area contributed by atoms with Crippen LogP contribution in [0, 0.1) is 11.6 Å². The lowest BCUT2D eigenvalue weighted by Crippen LogP contribution is -2.68. The number of benzene rings is 1. The van der Waals surface area contributed by atoms with Crippen molar-refractivity contribution in [1.29, 1.82) is 0 Å². The van der Waals surface area contributed by atoms with Crippen molar-refractivity contribution in [1.82, 2.24) is 15.2 Å². The van der Waals surface area contributed by atoms with Gasteiger partial charge >= 0.3 is 6.03 Å². The van der Waals surface area contributed by atoms with E-state index in [2.05, 4.69) is 10.3 Å². The van der Waals surface area contributed by atoms with Crippen LogP contribution in [0.25, 0.3) is 0 Å². The van der Waals surface area contributed by atoms with Gasteiger partial charge in [0.25, 0.3) is 6.43 Å². The molecule has 11 heteroatoms. The van der Waals surface area contributed by atoms with Gasteiger partial charge in [-0.1, -0.05) is 23.7 Å². The maximum absolute atomic E-state index is 15.0. The number of alkyl halides is 2. The number of nitrogens with one attached hydrogen (secondary N) is 1. The molecule has 0 spiro atoms. The van der Waals surface area contributed by atoms with Gasteiger partial charge in [0.15, 0.2) is 0 Å². The Labute approximate surface area is 174 Å². The third-order valence-electron chi connectivity index (χ3n) is 5.21. The molecular weight excluding hydrogens is 428 g/mol. The molecule has 3 amide bonds. The molecule has 1 aromatic carbocycles. The first-order valence-electron chi connectivity index (χ1n) is 8.81. The molecule has 2 aromatic rings. The molecule has 3 N–H and O–H groups in total. The minimum Gasteiger partial charge on any atom is -0.352 e. The van der Waals surface area contributed by atoms with Crippen molar-refractivity contribution < 1.29 is 27.2 Å². The van der Waals surface area contributed by atoms with E-state index in [1.54, 1.807) is 0 Å². The van der Waals surface area contributed by atoms with E-state index in [0.29, 0.717) is 0 Å². The lowest BCUT2D eigenvalue weighted by Gasteiger charge is -2.47. The van der Waals surface area contributed by atoms with Crippen molar-refractivity contribution in [2.45, 2.75) is 24.8 Å². The number of carbonyl (C=O) groups is 2. The number of halogens is 5. The molecule has 2 atom stereocenters. The molecule has 0 aliphatic carbocycles. The van der Waals surface area contributed by atoms with Gasteiger partial charge in [0.05, 0.1) is 0 Å². The Morgan fingerprint density at radius 3 is 2.57 bits per heavy atom. The zero-order valence-corrected chi connectivity index (χ0v) is 16.4. The molecule has 6 nitrogen and oxygen atoms in total. The minimum absolute atomic E-state index is 0.0210. The summed E-state index contributed by atoms with van der Waals surface area (Å²) in [5.74, 6) is -4.10. The number of nitrogens with zero attached hydrogens (tertiary/aromatic N) is 2. The lowest BCUT2D eigenvalue weighted by molar-refractivity contribution is -0.134. The van der Waals surface area contributed by atoms with Gasteiger partial charge < -0.3 is 16.0 Å². The summed E-state index contributed by atoms with van der Waals surface area (Å²) >= 11 is 5.73. The number of hydrogen-bond acceptors (Lipinski definition) is 3. The largest absolute Gasteiger partial charge is 0.352 e. The van der Waals surface area contributed by atoms with Crippen molar-refractivity contribution in [2.75, 3.05) is 13.1 Å². The molecule has 30 heavy (non-hydrogen) atoms. The van der Waals surface area contributed by atoms with E-state index in [-0.39, 0.29) is 24.2 Å². The van der Waals surface area contributed by atoms with Gasteiger partial charge in [-0.2, -0.15) is 0 Å². The second kappa shape index (κ2) is 8.10. The van der Waals surface area contributed by atoms with E-state index in [1.165, 1.54) is 13.0 Å². The highest BCUT2D eigenvalue weighted by Gasteiger charge is 2.52. The van der Waals surface area contributed by atoms with Crippen molar-refractivity contribution >= 4 is 23.5 Å². The average Bonchev–Trinajstić information content (AvgIpc) is 2.70. The maximum Gasteiger partial charge on any atom is 0.315 e. The molecule has 160 valence electrons. The van der Waals surface area contributed by atoms with Crippen LogP contribution >= 0.6 is 11.6 Å². The predicted octanol–water partition coefficient (Wildman–Crippen LogP) is 3.35. The number of primary amides is 1. The number of piperazine rings is 1. The van der Waals surface area contributed by atoms with Gasteiger partial charge in [-0.05, 0) is 24.6 Å². The molecule has 1 aliphatic heterocycles. The molecule has 3 rings (SSSR count). The lowest BCUT2D eigenvalue weighted by atomic mass is 9.73. The molecule has 1 unspecified atom stereocenters. The second-order valence-corrected chi connectivity index (χ2v) is 7.29. The topological polar surface area (TPSA) is 88.3 Å². The third kappa shape index (κ3) is 3.55. The van der Waals surface area contributed by atoms with E-state index < -0.39 is 52.2 Å². The Bertz CT molecular complexity index is 989. The average molecular weight is 445 g/mol. The fraction of sp³-hybridized carbons (Fsp3) is 0.316. The smallest absolute Gasteiger partial charge is 0.315 e. The van der Waals surface area contributed by atoms with Gasteiger partial charge in [-0.15, -0.1) is 0 Å². The number of amides is 3. The molecule has 1 aliphatic rings. The van der Waals surface area contributed by atoms with Gasteiger partial charge in [-0.25, -0.2) is 22.4 Å². The number of hydrogen-bond donors (Lipinski definition) is 2. The Hall–Kier alpha value is -2.88. The number of nitrogens with two attached hydrogens (primary N) is 1. The van der Waals surface area contributed by atoms with Crippen LogP contribution in [0.1, 0.15) is 36.1 Å². The third-order valence-corrected chi connectivity index (χ3v) is 5.56. The van der Waals surface area contributed by atoms with Crippen LogP contribution in [0.15, 0.2) is 30.5 Å². The number of urea groups is 1. The summed E-state index contributed by atoms with van der Waals surface area (Å²) in [5.41, 5.74) is 3.07. The fourth-order valence-corrected chi connectivity index (χ4v) is 3.90. The molecule has 1 saturated heterocycles. The molecule has 0 saturated carbocycles. The SMILES string of the molecule is CC1([C@H](c2ccc(C(F)F)nc2)c2ccc(F)c(Cl)c2F)C(=O)NCCN1C(N)=O. The molecule has 1 fully saturated rings. The van der Waals surface area contributed by atoms with Gasteiger partial charge in [0.2, 0.25) is 5.91 Å². The van der Waals surface area contributed by atoms with Crippen molar-refractivity contribution in [3.63, 3.8) is 0 Å². The van der Waals surface area contributed by atoms with Crippen LogP contribution in [-0.4, -0.2) is 40.5 Å². The first kappa shape index (κ1) is 21.8. The van der Waals surface area contributed by atoms with Gasteiger partial charge in [0, 0.05) is 30.8 Å². The number of pyridine rings is 1. The molecule has 1 aromatic heterocycles. The molecule has 0 bridgehead atoms. The Kier molecular flexibility index (Phi) is 5.89. The predicted molar refractivity (Wildman–Crippen MR) is 100 cm³/mol.